The summed E-state index contributed by atoms with van der Waals surface area (Å²) < 4.78 is 1.64. The highest BCUT2D eigenvalue weighted by Crippen LogP contribution is 2.28. The molecule has 0 saturated carbocycles. The van der Waals surface area contributed by atoms with Gasteiger partial charge in [-0.2, -0.15) is 0 Å². The molecule has 1 amide bonds. The molecular weight excluding hydrogens is 338 g/mol. The standard InChI is InChI=1S/C17H27N5O2S/c1-17(2,3)13-9-14(23)22-10-12(11-25-16(22)18-13)15(24)19-21-7-5-20(4)6-8-21/h9,12H,5-8,10-11H2,1-4H3,(H,19,24). The van der Waals surface area contributed by atoms with Gasteiger partial charge in [0.1, 0.15) is 0 Å². The summed E-state index contributed by atoms with van der Waals surface area (Å²) in [4.78, 5) is 32.0. The number of nitrogens with zero attached hydrogens (tertiary/aromatic N) is 4. The molecule has 0 radical (unpaired) electrons. The molecule has 2 aliphatic rings. The van der Waals surface area contributed by atoms with Crippen molar-refractivity contribution in [3.8, 4) is 0 Å². The quantitative estimate of drug-likeness (QED) is 0.772. The molecule has 0 bridgehead atoms. The summed E-state index contributed by atoms with van der Waals surface area (Å²) in [6.07, 6.45) is 0. The Morgan fingerprint density at radius 1 is 1.28 bits per heavy atom. The first-order valence-electron chi connectivity index (χ1n) is 8.73. The predicted octanol–water partition coefficient (Wildman–Crippen LogP) is 0.541. The highest BCUT2D eigenvalue weighted by atomic mass is 32.2. The van der Waals surface area contributed by atoms with E-state index in [0.717, 1.165) is 37.0 Å². The van der Waals surface area contributed by atoms with Crippen molar-refractivity contribution < 1.29 is 4.79 Å². The molecule has 8 heteroatoms. The minimum atomic E-state index is -0.211. The zero-order valence-corrected chi connectivity index (χ0v) is 16.2. The molecular formula is C17H27N5O2S. The van der Waals surface area contributed by atoms with Crippen LogP contribution in [0.1, 0.15) is 26.5 Å². The van der Waals surface area contributed by atoms with Crippen LogP contribution in [-0.4, -0.2) is 64.3 Å². The second kappa shape index (κ2) is 7.09. The lowest BCUT2D eigenvalue weighted by atomic mass is 9.92. The first-order valence-corrected chi connectivity index (χ1v) is 9.72. The molecule has 0 aliphatic carbocycles. The number of amides is 1. The van der Waals surface area contributed by atoms with Gasteiger partial charge in [-0.15, -0.1) is 0 Å². The number of aromatic nitrogens is 2. The lowest BCUT2D eigenvalue weighted by Crippen LogP contribution is -2.54. The number of nitrogens with one attached hydrogen (secondary N) is 1. The molecule has 1 aromatic heterocycles. The van der Waals surface area contributed by atoms with E-state index in [4.69, 9.17) is 0 Å². The normalized spacial score (nSPS) is 22.5. The third kappa shape index (κ3) is 4.24. The molecule has 0 spiro atoms. The third-order valence-corrected chi connectivity index (χ3v) is 5.84. The van der Waals surface area contributed by atoms with Gasteiger partial charge in [0, 0.05) is 50.0 Å². The molecule has 3 heterocycles. The number of rotatable bonds is 2. The average Bonchev–Trinajstić information content (AvgIpc) is 2.55. The molecule has 25 heavy (non-hydrogen) atoms. The minimum Gasteiger partial charge on any atom is -0.304 e. The molecule has 2 aliphatic heterocycles. The Kier molecular flexibility index (Phi) is 5.22. The van der Waals surface area contributed by atoms with Crippen molar-refractivity contribution in [2.75, 3.05) is 39.0 Å². The number of hydrogen-bond acceptors (Lipinski definition) is 6. The Balaban J connectivity index is 1.69. The van der Waals surface area contributed by atoms with Crippen molar-refractivity contribution >= 4 is 17.7 Å². The van der Waals surface area contributed by atoms with Gasteiger partial charge in [0.15, 0.2) is 5.16 Å². The maximum atomic E-state index is 12.6. The second-order valence-corrected chi connectivity index (χ2v) is 8.88. The summed E-state index contributed by atoms with van der Waals surface area (Å²) in [5, 5.41) is 2.70. The maximum absolute atomic E-state index is 12.6. The van der Waals surface area contributed by atoms with Gasteiger partial charge in [0.25, 0.3) is 5.56 Å². The van der Waals surface area contributed by atoms with Crippen molar-refractivity contribution in [3.63, 3.8) is 0 Å². The largest absolute Gasteiger partial charge is 0.304 e. The van der Waals surface area contributed by atoms with Crippen LogP contribution in [0.3, 0.4) is 0 Å². The highest BCUT2D eigenvalue weighted by molar-refractivity contribution is 7.99. The monoisotopic (exact) mass is 365 g/mol. The van der Waals surface area contributed by atoms with Crippen LogP contribution in [0.15, 0.2) is 16.0 Å². The van der Waals surface area contributed by atoms with Gasteiger partial charge >= 0.3 is 0 Å². The molecule has 1 atom stereocenters. The van der Waals surface area contributed by atoms with E-state index in [1.54, 1.807) is 10.6 Å². The number of fused-ring (bicyclic) bond motifs is 1. The molecule has 3 rings (SSSR count). The number of carbonyl (C=O) groups is 1. The SMILES string of the molecule is CN1CCN(NC(=O)C2CSc3nc(C(C)(C)C)cc(=O)n3C2)CC1. The first-order chi connectivity index (χ1) is 11.7. The van der Waals surface area contributed by atoms with Crippen LogP contribution in [0.4, 0.5) is 0 Å². The van der Waals surface area contributed by atoms with Gasteiger partial charge in [0.2, 0.25) is 5.91 Å². The van der Waals surface area contributed by atoms with E-state index < -0.39 is 0 Å². The molecule has 1 aromatic rings. The molecule has 1 unspecified atom stereocenters. The third-order valence-electron chi connectivity index (χ3n) is 4.70. The van der Waals surface area contributed by atoms with Crippen LogP contribution in [0.5, 0.6) is 0 Å². The zero-order valence-electron chi connectivity index (χ0n) is 15.4. The lowest BCUT2D eigenvalue weighted by Gasteiger charge is -2.34. The number of hydrazine groups is 1. The summed E-state index contributed by atoms with van der Waals surface area (Å²) in [6.45, 7) is 10.1. The zero-order chi connectivity index (χ0) is 18.2. The summed E-state index contributed by atoms with van der Waals surface area (Å²) in [5.74, 6) is 0.436. The van der Waals surface area contributed by atoms with E-state index in [1.165, 1.54) is 11.8 Å². The Morgan fingerprint density at radius 3 is 2.60 bits per heavy atom. The van der Waals surface area contributed by atoms with Crippen LogP contribution in [0.2, 0.25) is 0 Å². The smallest absolute Gasteiger partial charge is 0.254 e. The minimum absolute atomic E-state index is 0.00509. The van der Waals surface area contributed by atoms with Crippen LogP contribution in [-0.2, 0) is 16.8 Å². The molecule has 1 N–H and O–H groups in total. The van der Waals surface area contributed by atoms with Crippen molar-refractivity contribution in [2.45, 2.75) is 37.9 Å². The topological polar surface area (TPSA) is 70.5 Å². The Bertz CT molecular complexity index is 704. The van der Waals surface area contributed by atoms with Crippen molar-refractivity contribution in [2.24, 2.45) is 5.92 Å². The maximum Gasteiger partial charge on any atom is 0.254 e. The lowest BCUT2D eigenvalue weighted by molar-refractivity contribution is -0.130. The molecule has 7 nitrogen and oxygen atoms in total. The van der Waals surface area contributed by atoms with E-state index in [9.17, 15) is 9.59 Å². The predicted molar refractivity (Wildman–Crippen MR) is 98.6 cm³/mol. The van der Waals surface area contributed by atoms with E-state index in [2.05, 4.69) is 22.4 Å². The highest BCUT2D eigenvalue weighted by Gasteiger charge is 2.29. The fourth-order valence-corrected chi connectivity index (χ4v) is 4.01. The van der Waals surface area contributed by atoms with Gasteiger partial charge in [-0.3, -0.25) is 19.6 Å². The number of piperazine rings is 1. The Labute approximate surface area is 152 Å². The van der Waals surface area contributed by atoms with E-state index >= 15 is 0 Å². The van der Waals surface area contributed by atoms with Gasteiger partial charge in [-0.05, 0) is 7.05 Å². The fourth-order valence-electron chi connectivity index (χ4n) is 2.92. The number of hydrogen-bond donors (Lipinski definition) is 1. The van der Waals surface area contributed by atoms with Crippen molar-refractivity contribution in [3.05, 3.63) is 22.1 Å². The summed E-state index contributed by atoms with van der Waals surface area (Å²) in [5.41, 5.74) is 3.58. The van der Waals surface area contributed by atoms with Crippen LogP contribution in [0, 0.1) is 5.92 Å². The van der Waals surface area contributed by atoms with Crippen LogP contribution in [0.25, 0.3) is 0 Å². The van der Waals surface area contributed by atoms with E-state index in [0.29, 0.717) is 12.3 Å². The average molecular weight is 366 g/mol. The second-order valence-electron chi connectivity index (χ2n) is 7.90. The van der Waals surface area contributed by atoms with Crippen LogP contribution >= 0.6 is 11.8 Å². The van der Waals surface area contributed by atoms with Crippen molar-refractivity contribution in [1.29, 1.82) is 0 Å². The van der Waals surface area contributed by atoms with Gasteiger partial charge in [0.05, 0.1) is 11.6 Å². The van der Waals surface area contributed by atoms with Gasteiger partial charge in [-0.1, -0.05) is 32.5 Å². The number of thioether (sulfide) groups is 1. The molecule has 138 valence electrons. The molecule has 1 saturated heterocycles. The van der Waals surface area contributed by atoms with Crippen molar-refractivity contribution in [1.82, 2.24) is 24.9 Å². The summed E-state index contributed by atoms with van der Waals surface area (Å²) in [7, 11) is 2.08. The first kappa shape index (κ1) is 18.4. The molecule has 0 aromatic carbocycles. The van der Waals surface area contributed by atoms with E-state index in [-0.39, 0.29) is 22.8 Å². The van der Waals surface area contributed by atoms with E-state index in [1.807, 2.05) is 25.8 Å². The molecule has 1 fully saturated rings. The van der Waals surface area contributed by atoms with Gasteiger partial charge in [-0.25, -0.2) is 9.99 Å². The number of likely N-dealkylation sites (N-methyl/N-ethyl adjacent to an activating group) is 1. The van der Waals surface area contributed by atoms with Gasteiger partial charge < -0.3 is 4.90 Å². The Morgan fingerprint density at radius 2 is 1.96 bits per heavy atom. The van der Waals surface area contributed by atoms with Crippen LogP contribution < -0.4 is 11.0 Å². The summed E-state index contributed by atoms with van der Waals surface area (Å²) >= 11 is 1.50. The summed E-state index contributed by atoms with van der Waals surface area (Å²) in [6, 6.07) is 1.60. The number of carbonyl (C=O) groups excluding carboxylic acids is 1. The fraction of sp³-hybridized carbons (Fsp3) is 0.706. The Hall–Kier alpha value is -1.38.